The van der Waals surface area contributed by atoms with Gasteiger partial charge < -0.3 is 10.8 Å². The van der Waals surface area contributed by atoms with E-state index in [-0.39, 0.29) is 6.42 Å². The van der Waals surface area contributed by atoms with E-state index < -0.39 is 5.97 Å². The summed E-state index contributed by atoms with van der Waals surface area (Å²) in [6, 6.07) is 8.10. The Bertz CT molecular complexity index is 448. The van der Waals surface area contributed by atoms with Crippen molar-refractivity contribution in [1.29, 1.82) is 0 Å². The van der Waals surface area contributed by atoms with Crippen LogP contribution < -0.4 is 5.73 Å². The van der Waals surface area contributed by atoms with Crippen LogP contribution in [0.25, 0.3) is 0 Å². The summed E-state index contributed by atoms with van der Waals surface area (Å²) in [4.78, 5) is 13.2. The van der Waals surface area contributed by atoms with Crippen LogP contribution in [0.15, 0.2) is 24.3 Å². The van der Waals surface area contributed by atoms with Crippen LogP contribution >= 0.6 is 0 Å². The van der Waals surface area contributed by atoms with Gasteiger partial charge in [-0.3, -0.25) is 9.69 Å². The Labute approximate surface area is 114 Å². The maximum Gasteiger partial charge on any atom is 0.307 e. The first-order valence-electron chi connectivity index (χ1n) is 6.82. The lowest BCUT2D eigenvalue weighted by atomic mass is 9.94. The summed E-state index contributed by atoms with van der Waals surface area (Å²) in [6.07, 6.45) is 1.11. The van der Waals surface area contributed by atoms with Crippen molar-refractivity contribution in [2.45, 2.75) is 32.4 Å². The maximum atomic E-state index is 10.9. The Kier molecular flexibility index (Phi) is 4.56. The largest absolute Gasteiger partial charge is 0.481 e. The van der Waals surface area contributed by atoms with Crippen molar-refractivity contribution >= 4 is 5.97 Å². The molecule has 1 aromatic rings. The summed E-state index contributed by atoms with van der Waals surface area (Å²) in [6.45, 7) is 4.98. The number of hydrogen-bond donors (Lipinski definition) is 2. The molecule has 1 saturated heterocycles. The van der Waals surface area contributed by atoms with E-state index in [1.165, 1.54) is 0 Å². The summed E-state index contributed by atoms with van der Waals surface area (Å²) >= 11 is 0. The van der Waals surface area contributed by atoms with Crippen LogP contribution in [0.5, 0.6) is 0 Å². The van der Waals surface area contributed by atoms with Crippen molar-refractivity contribution in [1.82, 2.24) is 4.90 Å². The van der Waals surface area contributed by atoms with Gasteiger partial charge in [0, 0.05) is 19.1 Å². The first-order valence-corrected chi connectivity index (χ1v) is 6.82. The number of carbonyl (C=O) groups is 1. The average Bonchev–Trinajstić information content (AvgIpc) is 2.36. The molecule has 104 valence electrons. The van der Waals surface area contributed by atoms with Crippen molar-refractivity contribution in [3.05, 3.63) is 35.4 Å². The number of hydrogen-bond acceptors (Lipinski definition) is 3. The van der Waals surface area contributed by atoms with Gasteiger partial charge >= 0.3 is 5.97 Å². The molecule has 1 aliphatic heterocycles. The molecule has 0 radical (unpaired) electrons. The van der Waals surface area contributed by atoms with Gasteiger partial charge in [0.05, 0.1) is 6.42 Å². The lowest BCUT2D eigenvalue weighted by Crippen LogP contribution is -2.45. The Morgan fingerprint density at radius 1 is 1.42 bits per heavy atom. The predicted molar refractivity (Wildman–Crippen MR) is 74.8 cm³/mol. The monoisotopic (exact) mass is 262 g/mol. The van der Waals surface area contributed by atoms with E-state index in [2.05, 4.69) is 11.8 Å². The number of carboxylic acids is 1. The molecule has 0 amide bonds. The van der Waals surface area contributed by atoms with Crippen LogP contribution in [0.4, 0.5) is 0 Å². The minimum atomic E-state index is -0.776. The van der Waals surface area contributed by atoms with E-state index in [9.17, 15) is 4.79 Å². The van der Waals surface area contributed by atoms with Crippen molar-refractivity contribution in [2.24, 2.45) is 11.7 Å². The number of likely N-dealkylation sites (tertiary alicyclic amines) is 1. The molecule has 4 nitrogen and oxygen atoms in total. The molecular weight excluding hydrogens is 240 g/mol. The zero-order chi connectivity index (χ0) is 13.8. The van der Waals surface area contributed by atoms with Crippen molar-refractivity contribution in [2.75, 3.05) is 13.1 Å². The van der Waals surface area contributed by atoms with E-state index in [1.807, 2.05) is 24.3 Å². The van der Waals surface area contributed by atoms with Gasteiger partial charge in [-0.05, 0) is 30.0 Å². The van der Waals surface area contributed by atoms with Gasteiger partial charge in [0.15, 0.2) is 0 Å². The highest BCUT2D eigenvalue weighted by atomic mass is 16.4. The highest BCUT2D eigenvalue weighted by Gasteiger charge is 2.23. The Hall–Kier alpha value is -1.39. The number of nitrogens with two attached hydrogens (primary N) is 1. The molecule has 2 rings (SSSR count). The molecule has 2 unspecified atom stereocenters. The Morgan fingerprint density at radius 2 is 2.11 bits per heavy atom. The molecule has 19 heavy (non-hydrogen) atoms. The van der Waals surface area contributed by atoms with Gasteiger partial charge in [0.25, 0.3) is 0 Å². The Morgan fingerprint density at radius 3 is 2.74 bits per heavy atom. The third kappa shape index (κ3) is 3.78. The second kappa shape index (κ2) is 6.17. The first kappa shape index (κ1) is 14.0. The van der Waals surface area contributed by atoms with Crippen LogP contribution in [0.2, 0.25) is 0 Å². The van der Waals surface area contributed by atoms with Crippen LogP contribution in [0.3, 0.4) is 0 Å². The second-order valence-corrected chi connectivity index (χ2v) is 5.50. The summed E-state index contributed by atoms with van der Waals surface area (Å²) in [5, 5.41) is 8.94. The fraction of sp³-hybridized carbons (Fsp3) is 0.533. The van der Waals surface area contributed by atoms with Gasteiger partial charge in [-0.15, -0.1) is 0 Å². The summed E-state index contributed by atoms with van der Waals surface area (Å²) in [5.41, 5.74) is 8.06. The number of aliphatic carboxylic acids is 1. The zero-order valence-corrected chi connectivity index (χ0v) is 11.4. The highest BCUT2D eigenvalue weighted by molar-refractivity contribution is 5.70. The number of carboxylic acid groups (broad SMARTS) is 1. The van der Waals surface area contributed by atoms with Crippen molar-refractivity contribution in [3.63, 3.8) is 0 Å². The third-order valence-electron chi connectivity index (χ3n) is 3.91. The maximum absolute atomic E-state index is 10.9. The van der Waals surface area contributed by atoms with Gasteiger partial charge in [-0.1, -0.05) is 31.2 Å². The molecular formula is C15H22N2O2. The smallest absolute Gasteiger partial charge is 0.307 e. The quantitative estimate of drug-likeness (QED) is 0.862. The van der Waals surface area contributed by atoms with Gasteiger partial charge in [-0.25, -0.2) is 0 Å². The first-order chi connectivity index (χ1) is 9.06. The minimum Gasteiger partial charge on any atom is -0.481 e. The molecule has 0 saturated carbocycles. The van der Waals surface area contributed by atoms with E-state index >= 15 is 0 Å². The normalized spacial score (nSPS) is 24.3. The number of nitrogens with zero attached hydrogens (tertiary/aromatic N) is 1. The summed E-state index contributed by atoms with van der Waals surface area (Å²) in [7, 11) is 0. The standard InChI is InChI=1S/C15H22N2O2/c1-11-9-17(7-6-14(11)16)10-13-5-3-2-4-12(13)8-15(18)19/h2-5,11,14H,6-10,16H2,1H3,(H,18,19). The van der Waals surface area contributed by atoms with Gasteiger partial charge in [0.1, 0.15) is 0 Å². The molecule has 0 aliphatic carbocycles. The lowest BCUT2D eigenvalue weighted by Gasteiger charge is -2.35. The second-order valence-electron chi connectivity index (χ2n) is 5.50. The molecule has 0 aromatic heterocycles. The topological polar surface area (TPSA) is 66.6 Å². The van der Waals surface area contributed by atoms with Crippen LogP contribution in [0.1, 0.15) is 24.5 Å². The Balaban J connectivity index is 2.04. The van der Waals surface area contributed by atoms with E-state index in [4.69, 9.17) is 10.8 Å². The van der Waals surface area contributed by atoms with Crippen molar-refractivity contribution in [3.8, 4) is 0 Å². The van der Waals surface area contributed by atoms with Crippen LogP contribution in [-0.2, 0) is 17.8 Å². The van der Waals surface area contributed by atoms with Gasteiger partial charge in [-0.2, -0.15) is 0 Å². The molecule has 1 heterocycles. The lowest BCUT2D eigenvalue weighted by molar-refractivity contribution is -0.136. The van der Waals surface area contributed by atoms with E-state index in [0.29, 0.717) is 12.0 Å². The van der Waals surface area contributed by atoms with Gasteiger partial charge in [0.2, 0.25) is 0 Å². The number of benzene rings is 1. The zero-order valence-electron chi connectivity index (χ0n) is 11.4. The molecule has 1 aromatic carbocycles. The summed E-state index contributed by atoms with van der Waals surface area (Å²) < 4.78 is 0. The minimum absolute atomic E-state index is 0.0963. The molecule has 3 N–H and O–H groups in total. The third-order valence-corrected chi connectivity index (χ3v) is 3.91. The van der Waals surface area contributed by atoms with Crippen LogP contribution in [0, 0.1) is 5.92 Å². The molecule has 4 heteroatoms. The number of rotatable bonds is 4. The molecule has 2 atom stereocenters. The van der Waals surface area contributed by atoms with Crippen LogP contribution in [-0.4, -0.2) is 35.1 Å². The number of piperidine rings is 1. The van der Waals surface area contributed by atoms with Crippen molar-refractivity contribution < 1.29 is 9.90 Å². The average molecular weight is 262 g/mol. The predicted octanol–water partition coefficient (Wildman–Crippen LogP) is 1.48. The SMILES string of the molecule is CC1CN(Cc2ccccc2CC(=O)O)CCC1N. The molecule has 0 bridgehead atoms. The van der Waals surface area contributed by atoms with E-state index in [1.54, 1.807) is 0 Å². The fourth-order valence-corrected chi connectivity index (χ4v) is 2.68. The molecule has 0 spiro atoms. The summed E-state index contributed by atoms with van der Waals surface area (Å²) in [5.74, 6) is -0.276. The highest BCUT2D eigenvalue weighted by Crippen LogP contribution is 2.19. The molecule has 1 fully saturated rings. The fourth-order valence-electron chi connectivity index (χ4n) is 2.68. The molecule has 1 aliphatic rings. The van der Waals surface area contributed by atoms with E-state index in [0.717, 1.165) is 37.2 Å².